The Bertz CT molecular complexity index is 2250. The number of nitrogens with one attached hydrogen (secondary N) is 2. The second-order valence-corrected chi connectivity index (χ2v) is 18.2. The Morgan fingerprint density at radius 2 is 1.53 bits per heavy atom. The highest BCUT2D eigenvalue weighted by atomic mass is 32.2. The molecule has 0 aliphatic heterocycles. The van der Waals surface area contributed by atoms with Gasteiger partial charge in [0.1, 0.15) is 17.0 Å². The van der Waals surface area contributed by atoms with Gasteiger partial charge in [-0.3, -0.25) is 4.79 Å². The summed E-state index contributed by atoms with van der Waals surface area (Å²) in [5, 5.41) is 16.6. The van der Waals surface area contributed by atoms with E-state index in [9.17, 15) is 32.7 Å². The summed E-state index contributed by atoms with van der Waals surface area (Å²) in [6, 6.07) is 16.3. The number of ether oxygens (including phenoxy) is 3. The Morgan fingerprint density at radius 3 is 2.12 bits per heavy atom. The van der Waals surface area contributed by atoms with Gasteiger partial charge in [0.2, 0.25) is 0 Å². The first-order valence-electron chi connectivity index (χ1n) is 18.3. The number of nitrogens with zero attached hydrogens (tertiary/aromatic N) is 3. The fourth-order valence-electron chi connectivity index (χ4n) is 5.83. The van der Waals surface area contributed by atoms with E-state index in [1.807, 2.05) is 19.0 Å². The summed E-state index contributed by atoms with van der Waals surface area (Å²) in [4.78, 5) is 59.3. The van der Waals surface area contributed by atoms with Crippen molar-refractivity contribution in [2.24, 2.45) is 0 Å². The van der Waals surface area contributed by atoms with Crippen LogP contribution in [0.5, 0.6) is 5.75 Å². The molecule has 1 saturated carbocycles. The Labute approximate surface area is 332 Å². The number of carbonyl (C=O) groups excluding carboxylic acids is 3. The van der Waals surface area contributed by atoms with Crippen LogP contribution in [-0.4, -0.2) is 84.6 Å². The number of fused-ring (bicyclic) bond motifs is 1. The number of pyridine rings is 1. The Balaban J connectivity index is 1.31. The lowest BCUT2D eigenvalue weighted by atomic mass is 10.1. The van der Waals surface area contributed by atoms with Crippen LogP contribution in [-0.2, 0) is 35.4 Å². The summed E-state index contributed by atoms with van der Waals surface area (Å²) in [5.74, 6) is -1.47. The monoisotopic (exact) mass is 803 g/mol. The fraction of sp³-hybridized carbons (Fsp3) is 0.390. The number of aliphatic carboxylic acids is 1. The molecule has 1 atom stereocenters. The molecule has 3 amide bonds. The van der Waals surface area contributed by atoms with Crippen LogP contribution in [0, 0.1) is 0 Å². The van der Waals surface area contributed by atoms with Gasteiger partial charge in [-0.05, 0) is 140 Å². The highest BCUT2D eigenvalue weighted by Crippen LogP contribution is 2.36. The van der Waals surface area contributed by atoms with Crippen LogP contribution in [0.15, 0.2) is 77.8 Å². The summed E-state index contributed by atoms with van der Waals surface area (Å²) in [6.45, 7) is 9.97. The summed E-state index contributed by atoms with van der Waals surface area (Å²) in [5.41, 5.74) is -0.114. The summed E-state index contributed by atoms with van der Waals surface area (Å²) in [7, 11) is 0.216. The number of carbonyl (C=O) groups is 4. The standard InChI is InChI=1S/C41H49N5O10S/c1-40(2,3)55-38(50)46(39(51)56-41(4,5)6)36-32-16-12-29(20-25(32)18-19-42-36)44-35(37(48)49)26-10-9-11-30(22-26)54-24-34(47)43-28-13-17-33(27(21-28)23-45(7)8)57(52,53)31-14-15-31/h9-13,16-22,31,35,44H,14-15,23-24H2,1-8H3,(H,43,47)(H,48,49). The zero-order valence-corrected chi connectivity index (χ0v) is 34.1. The molecule has 4 aromatic rings. The minimum absolute atomic E-state index is 0.0289. The SMILES string of the molecule is CN(C)Cc1cc(NC(=O)COc2cccc(C(Nc3ccc4c(N(C(=O)OC(C)(C)C)C(=O)OC(C)(C)C)nccc4c3)C(=O)O)c2)ccc1S(=O)(=O)C1CC1. The van der Waals surface area contributed by atoms with Crippen LogP contribution >= 0.6 is 0 Å². The maximum atomic E-state index is 13.3. The van der Waals surface area contributed by atoms with Crippen LogP contribution < -0.4 is 20.3 Å². The number of carboxylic acid groups (broad SMARTS) is 1. The molecule has 1 heterocycles. The van der Waals surface area contributed by atoms with Crippen LogP contribution in [0.1, 0.15) is 71.6 Å². The molecule has 57 heavy (non-hydrogen) atoms. The van der Waals surface area contributed by atoms with Gasteiger partial charge in [0.25, 0.3) is 5.91 Å². The van der Waals surface area contributed by atoms with Gasteiger partial charge >= 0.3 is 18.2 Å². The maximum Gasteiger partial charge on any atom is 0.425 e. The number of carboxylic acids is 1. The number of benzene rings is 3. The molecule has 3 aromatic carbocycles. The number of anilines is 3. The van der Waals surface area contributed by atoms with Crippen molar-refractivity contribution in [3.63, 3.8) is 0 Å². The molecule has 15 nitrogen and oxygen atoms in total. The van der Waals surface area contributed by atoms with Crippen LogP contribution in [0.3, 0.4) is 0 Å². The molecule has 0 saturated heterocycles. The van der Waals surface area contributed by atoms with Crippen molar-refractivity contribution in [2.75, 3.05) is 36.2 Å². The van der Waals surface area contributed by atoms with E-state index in [1.165, 1.54) is 18.3 Å². The van der Waals surface area contributed by atoms with E-state index in [2.05, 4.69) is 15.6 Å². The maximum absolute atomic E-state index is 13.3. The zero-order chi connectivity index (χ0) is 41.9. The highest BCUT2D eigenvalue weighted by molar-refractivity contribution is 7.92. The largest absolute Gasteiger partial charge is 0.484 e. The van der Waals surface area contributed by atoms with Crippen molar-refractivity contribution in [3.8, 4) is 5.75 Å². The van der Waals surface area contributed by atoms with Gasteiger partial charge < -0.3 is 34.9 Å². The summed E-state index contributed by atoms with van der Waals surface area (Å²) >= 11 is 0. The molecule has 1 aromatic heterocycles. The van der Waals surface area contributed by atoms with E-state index in [0.29, 0.717) is 52.7 Å². The predicted molar refractivity (Wildman–Crippen MR) is 215 cm³/mol. The smallest absolute Gasteiger partial charge is 0.425 e. The Kier molecular flexibility index (Phi) is 12.5. The topological polar surface area (TPSA) is 194 Å². The third-order valence-corrected chi connectivity index (χ3v) is 10.7. The molecule has 0 bridgehead atoms. The number of amides is 3. The van der Waals surface area contributed by atoms with E-state index >= 15 is 0 Å². The molecule has 0 radical (unpaired) electrons. The second kappa shape index (κ2) is 16.8. The summed E-state index contributed by atoms with van der Waals surface area (Å²) < 4.78 is 42.8. The molecule has 1 fully saturated rings. The van der Waals surface area contributed by atoms with Crippen LogP contribution in [0.4, 0.5) is 26.8 Å². The molecule has 5 rings (SSSR count). The predicted octanol–water partition coefficient (Wildman–Crippen LogP) is 7.16. The van der Waals surface area contributed by atoms with Crippen molar-refractivity contribution in [2.45, 2.75) is 88.3 Å². The van der Waals surface area contributed by atoms with Gasteiger partial charge in [-0.25, -0.2) is 27.8 Å². The van der Waals surface area contributed by atoms with Crippen molar-refractivity contribution in [1.82, 2.24) is 9.88 Å². The Hall–Kier alpha value is -5.74. The van der Waals surface area contributed by atoms with Gasteiger partial charge in [0.15, 0.2) is 28.3 Å². The number of aromatic nitrogens is 1. The molecular formula is C41H49N5O10S. The molecular weight excluding hydrogens is 755 g/mol. The van der Waals surface area contributed by atoms with Gasteiger partial charge in [-0.1, -0.05) is 12.1 Å². The van der Waals surface area contributed by atoms with E-state index in [1.54, 1.807) is 96.1 Å². The zero-order valence-electron chi connectivity index (χ0n) is 33.3. The molecule has 1 aliphatic rings. The van der Waals surface area contributed by atoms with Gasteiger partial charge in [0.05, 0.1) is 10.1 Å². The normalized spacial score (nSPS) is 13.8. The highest BCUT2D eigenvalue weighted by Gasteiger charge is 2.38. The first-order valence-corrected chi connectivity index (χ1v) is 19.8. The third kappa shape index (κ3) is 11.2. The number of hydrogen-bond acceptors (Lipinski definition) is 12. The summed E-state index contributed by atoms with van der Waals surface area (Å²) in [6.07, 6.45) is 0.736. The van der Waals surface area contributed by atoms with Gasteiger partial charge in [-0.15, -0.1) is 0 Å². The Morgan fingerprint density at radius 1 is 0.877 bits per heavy atom. The van der Waals surface area contributed by atoms with Crippen molar-refractivity contribution >= 4 is 61.9 Å². The average molecular weight is 804 g/mol. The number of imide groups is 1. The second-order valence-electron chi connectivity index (χ2n) is 16.0. The molecule has 304 valence electrons. The minimum atomic E-state index is -3.45. The van der Waals surface area contributed by atoms with Crippen molar-refractivity contribution in [1.29, 1.82) is 0 Å². The van der Waals surface area contributed by atoms with E-state index in [0.717, 1.165) is 4.90 Å². The van der Waals surface area contributed by atoms with Crippen molar-refractivity contribution in [3.05, 3.63) is 84.1 Å². The van der Waals surface area contributed by atoms with Gasteiger partial charge in [-0.2, -0.15) is 4.90 Å². The molecule has 1 unspecified atom stereocenters. The van der Waals surface area contributed by atoms with Crippen LogP contribution in [0.2, 0.25) is 0 Å². The number of rotatable bonds is 13. The number of hydrogen-bond donors (Lipinski definition) is 3. The van der Waals surface area contributed by atoms with E-state index in [-0.39, 0.29) is 21.7 Å². The molecule has 1 aliphatic carbocycles. The lowest BCUT2D eigenvalue weighted by Crippen LogP contribution is -2.44. The minimum Gasteiger partial charge on any atom is -0.484 e. The molecule has 0 spiro atoms. The van der Waals surface area contributed by atoms with E-state index in [4.69, 9.17) is 14.2 Å². The third-order valence-electron chi connectivity index (χ3n) is 8.33. The lowest BCUT2D eigenvalue weighted by Gasteiger charge is -2.28. The quantitative estimate of drug-likeness (QED) is 0.123. The van der Waals surface area contributed by atoms with Gasteiger partial charge in [0, 0.05) is 29.5 Å². The lowest BCUT2D eigenvalue weighted by molar-refractivity contribution is -0.138. The molecule has 3 N–H and O–H groups in total. The average Bonchev–Trinajstić information content (AvgIpc) is 3.95. The number of sulfone groups is 1. The van der Waals surface area contributed by atoms with E-state index < -0.39 is 57.8 Å². The molecule has 16 heteroatoms. The van der Waals surface area contributed by atoms with Crippen molar-refractivity contribution < 1.29 is 46.9 Å². The van der Waals surface area contributed by atoms with Crippen LogP contribution in [0.25, 0.3) is 10.8 Å². The first kappa shape index (κ1) is 42.4. The fourth-order valence-corrected chi connectivity index (χ4v) is 7.70. The first-order chi connectivity index (χ1) is 26.6.